The number of benzene rings is 1. The minimum Gasteiger partial charge on any atom is -0.301 e. The Hall–Kier alpha value is -1.57. The Labute approximate surface area is 154 Å². The van der Waals surface area contributed by atoms with Gasteiger partial charge in [0.2, 0.25) is 5.91 Å². The van der Waals surface area contributed by atoms with Crippen LogP contribution in [0.5, 0.6) is 0 Å². The lowest BCUT2D eigenvalue weighted by Gasteiger charge is -2.30. The molecule has 0 bridgehead atoms. The maximum Gasteiger partial charge on any atom is 0.240 e. The highest BCUT2D eigenvalue weighted by molar-refractivity contribution is 7.85. The molecule has 0 radical (unpaired) electrons. The third kappa shape index (κ3) is 4.96. The second-order valence-electron chi connectivity index (χ2n) is 6.45. The summed E-state index contributed by atoms with van der Waals surface area (Å²) in [6, 6.07) is 8.52. The standard InChI is InChI=1S/C18H23N3O2S2/c1-13-3-5-14(6-4-13)16-12-24-18(19-16)20-17(22)11-21(2)15-7-9-25(23)10-8-15/h3-6,12,15H,7-11H2,1-2H3,(H,19,20,22). The first kappa shape index (κ1) is 18.2. The molecule has 3 rings (SSSR count). The van der Waals surface area contributed by atoms with Gasteiger partial charge in [0.25, 0.3) is 0 Å². The van der Waals surface area contributed by atoms with Crippen molar-refractivity contribution in [2.45, 2.75) is 25.8 Å². The first-order valence-corrected chi connectivity index (χ1v) is 10.8. The van der Waals surface area contributed by atoms with Crippen LogP contribution in [0.15, 0.2) is 29.6 Å². The largest absolute Gasteiger partial charge is 0.301 e. The molecule has 0 unspecified atom stereocenters. The highest BCUT2D eigenvalue weighted by Crippen LogP contribution is 2.25. The van der Waals surface area contributed by atoms with Crippen molar-refractivity contribution in [3.63, 3.8) is 0 Å². The summed E-state index contributed by atoms with van der Waals surface area (Å²) in [5.41, 5.74) is 3.14. The van der Waals surface area contributed by atoms with Gasteiger partial charge in [-0.3, -0.25) is 13.9 Å². The zero-order valence-electron chi connectivity index (χ0n) is 14.5. The van der Waals surface area contributed by atoms with Gasteiger partial charge in [-0.1, -0.05) is 29.8 Å². The van der Waals surface area contributed by atoms with Crippen molar-refractivity contribution in [2.24, 2.45) is 0 Å². The Bertz CT molecular complexity index is 748. The number of anilines is 1. The van der Waals surface area contributed by atoms with Crippen LogP contribution in [-0.4, -0.2) is 51.1 Å². The van der Waals surface area contributed by atoms with Crippen LogP contribution in [0.25, 0.3) is 11.3 Å². The monoisotopic (exact) mass is 377 g/mol. The van der Waals surface area contributed by atoms with E-state index in [9.17, 15) is 9.00 Å². The third-order valence-electron chi connectivity index (χ3n) is 4.47. The SMILES string of the molecule is Cc1ccc(-c2csc(NC(=O)CN(C)C3CCS(=O)CC3)n2)cc1. The molecule has 25 heavy (non-hydrogen) atoms. The van der Waals surface area contributed by atoms with Gasteiger partial charge in [-0.15, -0.1) is 11.3 Å². The van der Waals surface area contributed by atoms with Crippen molar-refractivity contribution >= 4 is 33.2 Å². The fraction of sp³-hybridized carbons (Fsp3) is 0.444. The van der Waals surface area contributed by atoms with Crippen LogP contribution < -0.4 is 5.32 Å². The van der Waals surface area contributed by atoms with E-state index >= 15 is 0 Å². The van der Waals surface area contributed by atoms with Crippen LogP contribution in [0, 0.1) is 6.92 Å². The number of rotatable bonds is 5. The molecule has 1 aliphatic heterocycles. The Morgan fingerprint density at radius 3 is 2.68 bits per heavy atom. The fourth-order valence-electron chi connectivity index (χ4n) is 2.92. The quantitative estimate of drug-likeness (QED) is 0.870. The predicted octanol–water partition coefficient (Wildman–Crippen LogP) is 2.90. The molecule has 2 heterocycles. The number of aromatic nitrogens is 1. The maximum absolute atomic E-state index is 12.3. The Kier molecular flexibility index (Phi) is 5.98. The van der Waals surface area contributed by atoms with E-state index in [-0.39, 0.29) is 5.91 Å². The second kappa shape index (κ2) is 8.21. The van der Waals surface area contributed by atoms with Gasteiger partial charge in [-0.05, 0) is 26.8 Å². The molecule has 1 saturated heterocycles. The van der Waals surface area contributed by atoms with Gasteiger partial charge in [0, 0.05) is 39.3 Å². The number of hydrogen-bond acceptors (Lipinski definition) is 5. The lowest BCUT2D eigenvalue weighted by atomic mass is 10.1. The maximum atomic E-state index is 12.3. The number of nitrogens with one attached hydrogen (secondary N) is 1. The molecule has 5 nitrogen and oxygen atoms in total. The minimum atomic E-state index is -0.674. The molecule has 1 fully saturated rings. The number of hydrogen-bond donors (Lipinski definition) is 1. The van der Waals surface area contributed by atoms with Gasteiger partial charge in [0.05, 0.1) is 12.2 Å². The van der Waals surface area contributed by atoms with Gasteiger partial charge in [0.15, 0.2) is 5.13 Å². The molecule has 0 aliphatic carbocycles. The Morgan fingerprint density at radius 1 is 1.32 bits per heavy atom. The van der Waals surface area contributed by atoms with Gasteiger partial charge in [-0.25, -0.2) is 4.98 Å². The lowest BCUT2D eigenvalue weighted by Crippen LogP contribution is -2.41. The molecule has 0 saturated carbocycles. The predicted molar refractivity (Wildman–Crippen MR) is 104 cm³/mol. The van der Waals surface area contributed by atoms with Crippen LogP contribution >= 0.6 is 11.3 Å². The van der Waals surface area contributed by atoms with Crippen molar-refractivity contribution in [1.82, 2.24) is 9.88 Å². The van der Waals surface area contributed by atoms with Gasteiger partial charge in [0.1, 0.15) is 0 Å². The summed E-state index contributed by atoms with van der Waals surface area (Å²) >= 11 is 1.44. The van der Waals surface area contributed by atoms with Crippen molar-refractivity contribution in [3.05, 3.63) is 35.2 Å². The van der Waals surface area contributed by atoms with Crippen LogP contribution in [0.2, 0.25) is 0 Å². The third-order valence-corrected chi connectivity index (χ3v) is 6.61. The Morgan fingerprint density at radius 2 is 2.00 bits per heavy atom. The van der Waals surface area contributed by atoms with E-state index in [2.05, 4.69) is 34.3 Å². The highest BCUT2D eigenvalue weighted by Gasteiger charge is 2.23. The van der Waals surface area contributed by atoms with E-state index in [1.807, 2.05) is 24.6 Å². The topological polar surface area (TPSA) is 62.3 Å². The molecule has 1 N–H and O–H groups in total. The number of amides is 1. The van der Waals surface area contributed by atoms with Crippen LogP contribution in [0.3, 0.4) is 0 Å². The molecule has 2 aromatic rings. The van der Waals surface area contributed by atoms with Gasteiger partial charge < -0.3 is 5.32 Å². The van der Waals surface area contributed by atoms with Crippen molar-refractivity contribution in [3.8, 4) is 11.3 Å². The molecular formula is C18H23N3O2S2. The highest BCUT2D eigenvalue weighted by atomic mass is 32.2. The van der Waals surface area contributed by atoms with Gasteiger partial charge in [-0.2, -0.15) is 0 Å². The molecule has 1 aromatic carbocycles. The first-order chi connectivity index (χ1) is 12.0. The summed E-state index contributed by atoms with van der Waals surface area (Å²) in [5, 5.41) is 5.47. The molecule has 1 amide bonds. The molecule has 7 heteroatoms. The van der Waals surface area contributed by atoms with Crippen molar-refractivity contribution < 1.29 is 9.00 Å². The van der Waals surface area contributed by atoms with Crippen LogP contribution in [0.4, 0.5) is 5.13 Å². The number of carbonyl (C=O) groups is 1. The number of aryl methyl sites for hydroxylation is 1. The minimum absolute atomic E-state index is 0.0565. The molecule has 1 aromatic heterocycles. The van der Waals surface area contributed by atoms with E-state index in [1.165, 1.54) is 16.9 Å². The summed E-state index contributed by atoms with van der Waals surface area (Å²) in [4.78, 5) is 18.8. The molecule has 134 valence electrons. The summed E-state index contributed by atoms with van der Waals surface area (Å²) < 4.78 is 11.4. The lowest BCUT2D eigenvalue weighted by molar-refractivity contribution is -0.117. The van der Waals surface area contributed by atoms with Crippen LogP contribution in [-0.2, 0) is 15.6 Å². The number of thiazole rings is 1. The first-order valence-electron chi connectivity index (χ1n) is 8.39. The van der Waals surface area contributed by atoms with E-state index in [4.69, 9.17) is 0 Å². The zero-order valence-corrected chi connectivity index (χ0v) is 16.2. The summed E-state index contributed by atoms with van der Waals surface area (Å²) in [6.45, 7) is 2.38. The van der Waals surface area contributed by atoms with E-state index in [1.54, 1.807) is 0 Å². The average molecular weight is 378 g/mol. The fourth-order valence-corrected chi connectivity index (χ4v) is 4.93. The smallest absolute Gasteiger partial charge is 0.240 e. The molecule has 0 atom stereocenters. The Balaban J connectivity index is 1.54. The van der Waals surface area contributed by atoms with E-state index < -0.39 is 10.8 Å². The van der Waals surface area contributed by atoms with E-state index in [0.717, 1.165) is 35.6 Å². The summed E-state index contributed by atoms with van der Waals surface area (Å²) in [7, 11) is 1.28. The summed E-state index contributed by atoms with van der Waals surface area (Å²) in [6.07, 6.45) is 1.79. The summed E-state index contributed by atoms with van der Waals surface area (Å²) in [5.74, 6) is 1.42. The molecule has 1 aliphatic rings. The van der Waals surface area contributed by atoms with E-state index in [0.29, 0.717) is 17.7 Å². The van der Waals surface area contributed by atoms with Crippen LogP contribution in [0.1, 0.15) is 18.4 Å². The number of nitrogens with zero attached hydrogens (tertiary/aromatic N) is 2. The average Bonchev–Trinajstić information content (AvgIpc) is 3.04. The zero-order chi connectivity index (χ0) is 17.8. The van der Waals surface area contributed by atoms with Gasteiger partial charge >= 0.3 is 0 Å². The molecular weight excluding hydrogens is 354 g/mol. The second-order valence-corrected chi connectivity index (χ2v) is 9.00. The number of carbonyl (C=O) groups excluding carboxylic acids is 1. The molecule has 0 spiro atoms. The normalized spacial score (nSPS) is 20.6. The number of likely N-dealkylation sites (N-methyl/N-ethyl adjacent to an activating group) is 1. The van der Waals surface area contributed by atoms with Crippen molar-refractivity contribution in [1.29, 1.82) is 0 Å². The van der Waals surface area contributed by atoms with Crippen molar-refractivity contribution in [2.75, 3.05) is 30.4 Å².